The second-order valence-electron chi connectivity index (χ2n) is 3.72. The lowest BCUT2D eigenvalue weighted by molar-refractivity contribution is 0.282. The number of hydrogen-bond donors (Lipinski definition) is 2. The Morgan fingerprint density at radius 1 is 1.38 bits per heavy atom. The highest BCUT2D eigenvalue weighted by Crippen LogP contribution is 2.22. The maximum atomic E-state index is 8.76. The first-order valence-corrected chi connectivity index (χ1v) is 6.21. The molecule has 1 aromatic carbocycles. The molecule has 2 nitrogen and oxygen atoms in total. The van der Waals surface area contributed by atoms with Crippen LogP contribution in [0.5, 0.6) is 0 Å². The molecule has 0 spiro atoms. The van der Waals surface area contributed by atoms with Gasteiger partial charge < -0.3 is 10.4 Å². The highest BCUT2D eigenvalue weighted by Gasteiger charge is 2.09. The van der Waals surface area contributed by atoms with Gasteiger partial charge in [0.2, 0.25) is 0 Å². The van der Waals surface area contributed by atoms with E-state index in [9.17, 15) is 0 Å². The largest absolute Gasteiger partial charge is 0.395 e. The molecule has 0 aromatic heterocycles. The Bertz CT molecular complexity index is 331. The zero-order valence-corrected chi connectivity index (χ0v) is 10.9. The summed E-state index contributed by atoms with van der Waals surface area (Å²) < 4.78 is 0. The molecule has 90 valence electrons. The number of aliphatic hydroxyl groups excluding tert-OH is 1. The molecule has 0 heterocycles. The first-order chi connectivity index (χ1) is 7.67. The Morgan fingerprint density at radius 3 is 2.69 bits per heavy atom. The third-order valence-electron chi connectivity index (χ3n) is 2.52. The van der Waals surface area contributed by atoms with Gasteiger partial charge in [0.1, 0.15) is 0 Å². The van der Waals surface area contributed by atoms with E-state index in [4.69, 9.17) is 28.3 Å². The zero-order valence-electron chi connectivity index (χ0n) is 9.34. The van der Waals surface area contributed by atoms with E-state index in [0.29, 0.717) is 22.6 Å². The first kappa shape index (κ1) is 13.8. The molecule has 4 heteroatoms. The van der Waals surface area contributed by atoms with Crippen molar-refractivity contribution in [1.82, 2.24) is 5.32 Å². The Labute approximate surface area is 107 Å². The Balaban J connectivity index is 2.62. The summed E-state index contributed by atoms with van der Waals surface area (Å²) in [5.41, 5.74) is 1.09. The minimum absolute atomic E-state index is 0.158. The summed E-state index contributed by atoms with van der Waals surface area (Å²) in [4.78, 5) is 0. The van der Waals surface area contributed by atoms with E-state index >= 15 is 0 Å². The number of aliphatic hydroxyl groups is 1. The van der Waals surface area contributed by atoms with Gasteiger partial charge in [0.15, 0.2) is 0 Å². The van der Waals surface area contributed by atoms with Crippen LogP contribution in [0, 0.1) is 0 Å². The van der Waals surface area contributed by atoms with Gasteiger partial charge in [-0.05, 0) is 30.5 Å². The molecule has 0 bridgehead atoms. The van der Waals surface area contributed by atoms with Crippen LogP contribution in [0.4, 0.5) is 0 Å². The molecule has 0 saturated carbocycles. The smallest absolute Gasteiger partial charge is 0.0556 e. The Hall–Kier alpha value is -0.280. The van der Waals surface area contributed by atoms with Gasteiger partial charge in [-0.2, -0.15) is 0 Å². The second kappa shape index (κ2) is 7.13. The number of hydrogen-bond acceptors (Lipinski definition) is 2. The fraction of sp³-hybridized carbons (Fsp3) is 0.500. The van der Waals surface area contributed by atoms with Crippen molar-refractivity contribution in [3.05, 3.63) is 33.8 Å². The molecule has 1 unspecified atom stereocenters. The number of halogens is 2. The summed E-state index contributed by atoms with van der Waals surface area (Å²) in [6.07, 6.45) is 1.85. The quantitative estimate of drug-likeness (QED) is 0.826. The minimum atomic E-state index is 0.158. The highest BCUT2D eigenvalue weighted by molar-refractivity contribution is 6.35. The molecule has 0 saturated heterocycles. The average Bonchev–Trinajstić information content (AvgIpc) is 2.27. The van der Waals surface area contributed by atoms with E-state index in [1.54, 1.807) is 6.07 Å². The molecule has 0 aliphatic rings. The Kier molecular flexibility index (Phi) is 6.14. The van der Waals surface area contributed by atoms with Crippen LogP contribution in [0.3, 0.4) is 0 Å². The molecular weight excluding hydrogens is 245 g/mol. The van der Waals surface area contributed by atoms with E-state index in [-0.39, 0.29) is 6.61 Å². The van der Waals surface area contributed by atoms with Crippen molar-refractivity contribution < 1.29 is 5.11 Å². The SMILES string of the molecule is CCC(Cc1ccc(Cl)cc1Cl)NCCO. The maximum Gasteiger partial charge on any atom is 0.0556 e. The van der Waals surface area contributed by atoms with Crippen molar-refractivity contribution in [2.75, 3.05) is 13.2 Å². The van der Waals surface area contributed by atoms with Crippen LogP contribution in [-0.2, 0) is 6.42 Å². The molecule has 0 amide bonds. The van der Waals surface area contributed by atoms with Crippen molar-refractivity contribution >= 4 is 23.2 Å². The second-order valence-corrected chi connectivity index (χ2v) is 4.57. The van der Waals surface area contributed by atoms with Crippen molar-refractivity contribution in [3.63, 3.8) is 0 Å². The van der Waals surface area contributed by atoms with Gasteiger partial charge >= 0.3 is 0 Å². The molecule has 0 radical (unpaired) electrons. The number of nitrogens with one attached hydrogen (secondary N) is 1. The zero-order chi connectivity index (χ0) is 12.0. The van der Waals surface area contributed by atoms with Gasteiger partial charge in [-0.25, -0.2) is 0 Å². The van der Waals surface area contributed by atoms with E-state index < -0.39 is 0 Å². The molecule has 1 rings (SSSR count). The van der Waals surface area contributed by atoms with Crippen LogP contribution >= 0.6 is 23.2 Å². The molecule has 2 N–H and O–H groups in total. The summed E-state index contributed by atoms with van der Waals surface area (Å²) in [5, 5.41) is 13.4. The van der Waals surface area contributed by atoms with Crippen LogP contribution in [0.2, 0.25) is 10.0 Å². The van der Waals surface area contributed by atoms with Gasteiger partial charge in [-0.15, -0.1) is 0 Å². The van der Waals surface area contributed by atoms with Gasteiger partial charge in [0.25, 0.3) is 0 Å². The molecule has 0 aliphatic carbocycles. The van der Waals surface area contributed by atoms with E-state index in [0.717, 1.165) is 18.4 Å². The monoisotopic (exact) mass is 261 g/mol. The normalized spacial score (nSPS) is 12.8. The third kappa shape index (κ3) is 4.30. The lowest BCUT2D eigenvalue weighted by atomic mass is 10.0. The molecule has 16 heavy (non-hydrogen) atoms. The highest BCUT2D eigenvalue weighted by atomic mass is 35.5. The van der Waals surface area contributed by atoms with Crippen molar-refractivity contribution in [1.29, 1.82) is 0 Å². The molecule has 0 fully saturated rings. The third-order valence-corrected chi connectivity index (χ3v) is 3.11. The minimum Gasteiger partial charge on any atom is -0.395 e. The molecule has 1 aromatic rings. The summed E-state index contributed by atoms with van der Waals surface area (Å²) in [6, 6.07) is 5.90. The lowest BCUT2D eigenvalue weighted by Gasteiger charge is -2.17. The predicted molar refractivity (Wildman–Crippen MR) is 69.3 cm³/mol. The lowest BCUT2D eigenvalue weighted by Crippen LogP contribution is -2.32. The fourth-order valence-corrected chi connectivity index (χ4v) is 2.07. The van der Waals surface area contributed by atoms with Crippen LogP contribution in [0.15, 0.2) is 18.2 Å². The van der Waals surface area contributed by atoms with E-state index in [1.807, 2.05) is 12.1 Å². The van der Waals surface area contributed by atoms with Crippen molar-refractivity contribution in [3.8, 4) is 0 Å². The van der Waals surface area contributed by atoms with Crippen LogP contribution < -0.4 is 5.32 Å². The summed E-state index contributed by atoms with van der Waals surface area (Å²) in [7, 11) is 0. The van der Waals surface area contributed by atoms with Gasteiger partial charge in [-0.1, -0.05) is 36.2 Å². The summed E-state index contributed by atoms with van der Waals surface area (Å²) in [6.45, 7) is 2.88. The Morgan fingerprint density at radius 2 is 2.12 bits per heavy atom. The van der Waals surface area contributed by atoms with Gasteiger partial charge in [-0.3, -0.25) is 0 Å². The van der Waals surface area contributed by atoms with Gasteiger partial charge in [0, 0.05) is 22.6 Å². The predicted octanol–water partition coefficient (Wildman–Crippen LogP) is 2.90. The van der Waals surface area contributed by atoms with Crippen LogP contribution in [-0.4, -0.2) is 24.3 Å². The molecular formula is C12H17Cl2NO. The van der Waals surface area contributed by atoms with E-state index in [1.165, 1.54) is 0 Å². The number of benzene rings is 1. The fourth-order valence-electron chi connectivity index (χ4n) is 1.58. The van der Waals surface area contributed by atoms with E-state index in [2.05, 4.69) is 12.2 Å². The van der Waals surface area contributed by atoms with Gasteiger partial charge in [0.05, 0.1) is 6.61 Å². The topological polar surface area (TPSA) is 32.3 Å². The maximum absolute atomic E-state index is 8.76. The molecule has 1 atom stereocenters. The van der Waals surface area contributed by atoms with Crippen LogP contribution in [0.25, 0.3) is 0 Å². The van der Waals surface area contributed by atoms with Crippen molar-refractivity contribution in [2.24, 2.45) is 0 Å². The average molecular weight is 262 g/mol. The van der Waals surface area contributed by atoms with Crippen LogP contribution in [0.1, 0.15) is 18.9 Å². The van der Waals surface area contributed by atoms with Crippen molar-refractivity contribution in [2.45, 2.75) is 25.8 Å². The first-order valence-electron chi connectivity index (χ1n) is 5.45. The molecule has 0 aliphatic heterocycles. The summed E-state index contributed by atoms with van der Waals surface area (Å²) in [5.74, 6) is 0. The standard InChI is InChI=1S/C12H17Cl2NO/c1-2-11(15-5-6-16)7-9-3-4-10(13)8-12(9)14/h3-4,8,11,15-16H,2,5-7H2,1H3. The summed E-state index contributed by atoms with van der Waals surface area (Å²) >= 11 is 11.9. The number of rotatable bonds is 6.